The predicted molar refractivity (Wildman–Crippen MR) is 130 cm³/mol. The topological polar surface area (TPSA) is 133 Å². The number of hydrogen-bond acceptors (Lipinski definition) is 9. The highest BCUT2D eigenvalue weighted by atomic mass is 16.5. The van der Waals surface area contributed by atoms with Crippen LogP contribution in [-0.2, 0) is 26.3 Å². The Labute approximate surface area is 203 Å². The fourth-order valence-corrected chi connectivity index (χ4v) is 4.27. The van der Waals surface area contributed by atoms with Crippen molar-refractivity contribution < 1.29 is 19.1 Å². The molecule has 0 unspecified atom stereocenters. The molecular weight excluding hydrogens is 448 g/mol. The second-order valence-corrected chi connectivity index (χ2v) is 8.29. The van der Waals surface area contributed by atoms with E-state index in [1.807, 2.05) is 48.5 Å². The summed E-state index contributed by atoms with van der Waals surface area (Å²) in [6.45, 7) is 2.32. The summed E-state index contributed by atoms with van der Waals surface area (Å²) in [6, 6.07) is 16.8. The molecule has 0 spiro atoms. The minimum atomic E-state index is -0.857. The molecule has 4 rings (SSSR count). The summed E-state index contributed by atoms with van der Waals surface area (Å²) in [5.74, 6) is 0.645. The Bertz CT molecular complexity index is 1200. The summed E-state index contributed by atoms with van der Waals surface area (Å²) in [5, 5.41) is 3.06. The SMILES string of the molecule is COc1ccccc1Nc1nc(N)nc(COC(=O)C2(c3ccccc3)CCN(C(C)=O)CC2)n1. The van der Waals surface area contributed by atoms with Crippen molar-refractivity contribution in [2.75, 3.05) is 31.2 Å². The monoisotopic (exact) mass is 476 g/mol. The normalized spacial score (nSPS) is 14.7. The van der Waals surface area contributed by atoms with Crippen LogP contribution in [-0.4, -0.2) is 51.9 Å². The number of hydrogen-bond donors (Lipinski definition) is 2. The lowest BCUT2D eigenvalue weighted by Gasteiger charge is -2.40. The summed E-state index contributed by atoms with van der Waals surface area (Å²) >= 11 is 0. The number of amides is 1. The highest BCUT2D eigenvalue weighted by molar-refractivity contribution is 5.84. The number of para-hydroxylation sites is 2. The van der Waals surface area contributed by atoms with Gasteiger partial charge in [-0.2, -0.15) is 15.0 Å². The highest BCUT2D eigenvalue weighted by Crippen LogP contribution is 2.37. The summed E-state index contributed by atoms with van der Waals surface area (Å²) in [6.07, 6.45) is 0.935. The van der Waals surface area contributed by atoms with E-state index in [2.05, 4.69) is 20.3 Å². The molecule has 0 saturated carbocycles. The molecule has 1 saturated heterocycles. The number of likely N-dealkylation sites (tertiary alicyclic amines) is 1. The largest absolute Gasteiger partial charge is 0.495 e. The molecule has 1 aromatic heterocycles. The number of nitrogens with one attached hydrogen (secondary N) is 1. The Balaban J connectivity index is 1.51. The van der Waals surface area contributed by atoms with Gasteiger partial charge in [-0.1, -0.05) is 42.5 Å². The molecule has 0 aliphatic carbocycles. The van der Waals surface area contributed by atoms with E-state index in [9.17, 15) is 9.59 Å². The Morgan fingerprint density at radius 3 is 2.40 bits per heavy atom. The maximum absolute atomic E-state index is 13.5. The molecule has 1 fully saturated rings. The van der Waals surface area contributed by atoms with Crippen LogP contribution in [0.25, 0.3) is 0 Å². The lowest BCUT2D eigenvalue weighted by Crippen LogP contribution is -2.49. The quantitative estimate of drug-likeness (QED) is 0.494. The summed E-state index contributed by atoms with van der Waals surface area (Å²) < 4.78 is 11.1. The third-order valence-corrected chi connectivity index (χ3v) is 6.16. The van der Waals surface area contributed by atoms with Crippen molar-refractivity contribution in [3.63, 3.8) is 0 Å². The van der Waals surface area contributed by atoms with Gasteiger partial charge in [0.2, 0.25) is 17.8 Å². The van der Waals surface area contributed by atoms with Crippen LogP contribution in [0, 0.1) is 0 Å². The van der Waals surface area contributed by atoms with E-state index >= 15 is 0 Å². The molecule has 1 amide bonds. The zero-order chi connectivity index (χ0) is 24.8. The summed E-state index contributed by atoms with van der Waals surface area (Å²) in [4.78, 5) is 39.6. The van der Waals surface area contributed by atoms with Gasteiger partial charge < -0.3 is 25.4 Å². The van der Waals surface area contributed by atoms with Gasteiger partial charge in [0.1, 0.15) is 5.75 Å². The fourth-order valence-electron chi connectivity index (χ4n) is 4.27. The first-order valence-electron chi connectivity index (χ1n) is 11.3. The average molecular weight is 477 g/mol. The van der Waals surface area contributed by atoms with Crippen molar-refractivity contribution in [2.24, 2.45) is 0 Å². The molecule has 1 aliphatic heterocycles. The molecule has 3 aromatic rings. The number of carbonyl (C=O) groups excluding carboxylic acids is 2. The first kappa shape index (κ1) is 23.9. The van der Waals surface area contributed by atoms with Crippen LogP contribution in [0.3, 0.4) is 0 Å². The van der Waals surface area contributed by atoms with Gasteiger partial charge >= 0.3 is 5.97 Å². The zero-order valence-electron chi connectivity index (χ0n) is 19.7. The van der Waals surface area contributed by atoms with Crippen LogP contribution in [0.1, 0.15) is 31.2 Å². The molecule has 10 heteroatoms. The number of piperidine rings is 1. The number of carbonyl (C=O) groups is 2. The number of anilines is 3. The molecule has 182 valence electrons. The number of esters is 1. The Morgan fingerprint density at radius 1 is 1.03 bits per heavy atom. The molecule has 1 aliphatic rings. The first-order chi connectivity index (χ1) is 16.9. The van der Waals surface area contributed by atoms with E-state index in [1.54, 1.807) is 18.1 Å². The molecule has 0 radical (unpaired) electrons. The van der Waals surface area contributed by atoms with Crippen LogP contribution < -0.4 is 15.8 Å². The molecule has 0 bridgehead atoms. The summed E-state index contributed by atoms with van der Waals surface area (Å²) in [5.41, 5.74) is 6.54. The number of methoxy groups -OCH3 is 1. The van der Waals surface area contributed by atoms with Gasteiger partial charge in [0, 0.05) is 20.0 Å². The van der Waals surface area contributed by atoms with E-state index in [4.69, 9.17) is 15.2 Å². The lowest BCUT2D eigenvalue weighted by atomic mass is 9.72. The highest BCUT2D eigenvalue weighted by Gasteiger charge is 2.44. The maximum atomic E-state index is 13.5. The number of aromatic nitrogens is 3. The molecule has 3 N–H and O–H groups in total. The van der Waals surface area contributed by atoms with Gasteiger partial charge in [-0.25, -0.2) is 0 Å². The van der Waals surface area contributed by atoms with Crippen molar-refractivity contribution in [3.8, 4) is 5.75 Å². The predicted octanol–water partition coefficient (Wildman–Crippen LogP) is 2.83. The standard InChI is InChI=1S/C25H28N6O4/c1-17(32)31-14-12-25(13-15-31,18-8-4-3-5-9-18)22(33)35-16-21-28-23(26)30-24(29-21)27-19-10-6-7-11-20(19)34-2/h3-11H,12-16H2,1-2H3,(H3,26,27,28,29,30). The van der Waals surface area contributed by atoms with Crippen LogP contribution >= 0.6 is 0 Å². The van der Waals surface area contributed by atoms with Gasteiger partial charge in [-0.05, 0) is 30.5 Å². The number of nitrogen functional groups attached to an aromatic ring is 1. The number of benzene rings is 2. The third kappa shape index (κ3) is 5.32. The molecule has 2 heterocycles. The Kier molecular flexibility index (Phi) is 7.09. The molecule has 10 nitrogen and oxygen atoms in total. The van der Waals surface area contributed by atoms with Gasteiger partial charge in [0.15, 0.2) is 12.4 Å². The van der Waals surface area contributed by atoms with Gasteiger partial charge in [-0.15, -0.1) is 0 Å². The van der Waals surface area contributed by atoms with E-state index < -0.39 is 5.41 Å². The fraction of sp³-hybridized carbons (Fsp3) is 0.320. The van der Waals surface area contributed by atoms with E-state index in [0.29, 0.717) is 37.4 Å². The van der Waals surface area contributed by atoms with Crippen molar-refractivity contribution in [1.29, 1.82) is 0 Å². The summed E-state index contributed by atoms with van der Waals surface area (Å²) in [7, 11) is 1.57. The van der Waals surface area contributed by atoms with E-state index in [-0.39, 0.29) is 36.2 Å². The van der Waals surface area contributed by atoms with Gasteiger partial charge in [0.05, 0.1) is 18.2 Å². The van der Waals surface area contributed by atoms with Crippen molar-refractivity contribution >= 4 is 29.5 Å². The number of nitrogens with zero attached hydrogens (tertiary/aromatic N) is 4. The lowest BCUT2D eigenvalue weighted by molar-refractivity contribution is -0.155. The maximum Gasteiger partial charge on any atom is 0.317 e. The van der Waals surface area contributed by atoms with Crippen LogP contribution in [0.5, 0.6) is 5.75 Å². The van der Waals surface area contributed by atoms with Crippen LogP contribution in [0.4, 0.5) is 17.6 Å². The number of ether oxygens (including phenoxy) is 2. The number of nitrogens with two attached hydrogens (primary N) is 1. The van der Waals surface area contributed by atoms with Crippen LogP contribution in [0.15, 0.2) is 54.6 Å². The smallest absolute Gasteiger partial charge is 0.317 e. The first-order valence-corrected chi connectivity index (χ1v) is 11.3. The van der Waals surface area contributed by atoms with Crippen molar-refractivity contribution in [2.45, 2.75) is 31.8 Å². The number of rotatable bonds is 7. The second kappa shape index (κ2) is 10.4. The average Bonchev–Trinajstić information content (AvgIpc) is 2.87. The van der Waals surface area contributed by atoms with Gasteiger partial charge in [-0.3, -0.25) is 9.59 Å². The van der Waals surface area contributed by atoms with E-state index in [0.717, 1.165) is 5.56 Å². The van der Waals surface area contributed by atoms with Crippen molar-refractivity contribution in [3.05, 3.63) is 66.0 Å². The minimum Gasteiger partial charge on any atom is -0.495 e. The second-order valence-electron chi connectivity index (χ2n) is 8.29. The third-order valence-electron chi connectivity index (χ3n) is 6.16. The van der Waals surface area contributed by atoms with Crippen LogP contribution in [0.2, 0.25) is 0 Å². The Morgan fingerprint density at radius 2 is 1.71 bits per heavy atom. The molecular formula is C25H28N6O4. The molecule has 35 heavy (non-hydrogen) atoms. The van der Waals surface area contributed by atoms with Gasteiger partial charge in [0.25, 0.3) is 0 Å². The molecule has 0 atom stereocenters. The van der Waals surface area contributed by atoms with Crippen molar-refractivity contribution in [1.82, 2.24) is 19.9 Å². The molecule has 2 aromatic carbocycles. The zero-order valence-corrected chi connectivity index (χ0v) is 19.7. The minimum absolute atomic E-state index is 0.00372. The van der Waals surface area contributed by atoms with E-state index in [1.165, 1.54) is 6.92 Å². The Hall–Kier alpha value is -4.21.